The lowest BCUT2D eigenvalue weighted by Gasteiger charge is -2.07. The van der Waals surface area contributed by atoms with E-state index in [1.54, 1.807) is 0 Å². The quantitative estimate of drug-likeness (QED) is 0.755. The molecule has 0 fully saturated rings. The van der Waals surface area contributed by atoms with Crippen molar-refractivity contribution in [3.05, 3.63) is 65.3 Å². The standard InChI is InChI=1S/C17H16FN3O3S/c1-11-4-3-5-13(8-11)17-20-16(24-21-17)10-19-25(22,23)15-7-6-14(18)9-12(15)2/h3-9,19H,10H2,1-2H3. The first-order valence-corrected chi connectivity index (χ1v) is 8.99. The number of nitrogens with zero attached hydrogens (tertiary/aromatic N) is 2. The Morgan fingerprint density at radius 3 is 2.68 bits per heavy atom. The third-order valence-electron chi connectivity index (χ3n) is 3.58. The first-order valence-electron chi connectivity index (χ1n) is 7.50. The largest absolute Gasteiger partial charge is 0.338 e. The van der Waals surface area contributed by atoms with Crippen LogP contribution in [0.3, 0.4) is 0 Å². The molecule has 130 valence electrons. The lowest BCUT2D eigenvalue weighted by Crippen LogP contribution is -2.24. The molecule has 0 saturated heterocycles. The summed E-state index contributed by atoms with van der Waals surface area (Å²) >= 11 is 0. The monoisotopic (exact) mass is 361 g/mol. The normalized spacial score (nSPS) is 11.6. The minimum absolute atomic E-state index is 0.00678. The van der Waals surface area contributed by atoms with E-state index in [1.807, 2.05) is 31.2 Å². The van der Waals surface area contributed by atoms with E-state index in [2.05, 4.69) is 14.9 Å². The summed E-state index contributed by atoms with van der Waals surface area (Å²) in [6.07, 6.45) is 0. The molecular formula is C17H16FN3O3S. The van der Waals surface area contributed by atoms with Crippen LogP contribution in [0.5, 0.6) is 0 Å². The number of hydrogen-bond acceptors (Lipinski definition) is 5. The second kappa shape index (κ2) is 6.73. The van der Waals surface area contributed by atoms with Gasteiger partial charge in [-0.25, -0.2) is 17.5 Å². The van der Waals surface area contributed by atoms with Gasteiger partial charge in [0, 0.05) is 5.56 Å². The highest BCUT2D eigenvalue weighted by molar-refractivity contribution is 7.89. The van der Waals surface area contributed by atoms with Crippen LogP contribution in [0.2, 0.25) is 0 Å². The Kier molecular flexibility index (Phi) is 4.65. The number of sulfonamides is 1. The van der Waals surface area contributed by atoms with Gasteiger partial charge in [0.1, 0.15) is 5.82 Å². The Bertz CT molecular complexity index is 1020. The summed E-state index contributed by atoms with van der Waals surface area (Å²) < 4.78 is 45.3. The summed E-state index contributed by atoms with van der Waals surface area (Å²) in [7, 11) is -3.81. The summed E-state index contributed by atoms with van der Waals surface area (Å²) in [5.41, 5.74) is 2.15. The number of halogens is 1. The van der Waals surface area contributed by atoms with Crippen LogP contribution in [0, 0.1) is 19.7 Å². The zero-order valence-electron chi connectivity index (χ0n) is 13.7. The highest BCUT2D eigenvalue weighted by Gasteiger charge is 2.18. The molecule has 3 aromatic rings. The molecule has 0 radical (unpaired) electrons. The summed E-state index contributed by atoms with van der Waals surface area (Å²) in [5.74, 6) is 0.0341. The van der Waals surface area contributed by atoms with Crippen molar-refractivity contribution in [3.8, 4) is 11.4 Å². The fraction of sp³-hybridized carbons (Fsp3) is 0.176. The van der Waals surface area contributed by atoms with Crippen molar-refractivity contribution in [1.82, 2.24) is 14.9 Å². The van der Waals surface area contributed by atoms with Crippen LogP contribution in [0.1, 0.15) is 17.0 Å². The molecule has 0 aliphatic heterocycles. The predicted molar refractivity (Wildman–Crippen MR) is 89.6 cm³/mol. The number of nitrogens with one attached hydrogen (secondary N) is 1. The average molecular weight is 361 g/mol. The topological polar surface area (TPSA) is 85.1 Å². The second-order valence-electron chi connectivity index (χ2n) is 5.62. The van der Waals surface area contributed by atoms with Crippen LogP contribution in [0.15, 0.2) is 51.9 Å². The minimum atomic E-state index is -3.81. The van der Waals surface area contributed by atoms with Crippen LogP contribution in [0.4, 0.5) is 4.39 Å². The Morgan fingerprint density at radius 2 is 1.96 bits per heavy atom. The van der Waals surface area contributed by atoms with E-state index in [4.69, 9.17) is 4.52 Å². The van der Waals surface area contributed by atoms with Crippen molar-refractivity contribution >= 4 is 10.0 Å². The first kappa shape index (κ1) is 17.2. The molecule has 1 N–H and O–H groups in total. The zero-order chi connectivity index (χ0) is 18.0. The van der Waals surface area contributed by atoms with Gasteiger partial charge in [0.2, 0.25) is 21.7 Å². The smallest absolute Gasteiger partial charge is 0.242 e. The molecule has 0 amide bonds. The molecule has 0 spiro atoms. The van der Waals surface area contributed by atoms with Gasteiger partial charge < -0.3 is 4.52 Å². The van der Waals surface area contributed by atoms with Crippen LogP contribution in [0.25, 0.3) is 11.4 Å². The van der Waals surface area contributed by atoms with E-state index in [0.29, 0.717) is 11.4 Å². The van der Waals surface area contributed by atoms with Crippen molar-refractivity contribution in [1.29, 1.82) is 0 Å². The van der Waals surface area contributed by atoms with Crippen LogP contribution >= 0.6 is 0 Å². The molecule has 1 heterocycles. The molecule has 1 aromatic heterocycles. The number of rotatable bonds is 5. The Hall–Kier alpha value is -2.58. The van der Waals surface area contributed by atoms with Gasteiger partial charge in [0.15, 0.2) is 0 Å². The van der Waals surface area contributed by atoms with Gasteiger partial charge >= 0.3 is 0 Å². The average Bonchev–Trinajstić information content (AvgIpc) is 3.02. The third-order valence-corrected chi connectivity index (χ3v) is 5.15. The van der Waals surface area contributed by atoms with Gasteiger partial charge in [0.05, 0.1) is 11.4 Å². The second-order valence-corrected chi connectivity index (χ2v) is 7.35. The summed E-state index contributed by atoms with van der Waals surface area (Å²) in [6, 6.07) is 11.1. The van der Waals surface area contributed by atoms with E-state index in [1.165, 1.54) is 13.0 Å². The maximum atomic E-state index is 13.1. The number of aromatic nitrogens is 2. The van der Waals surface area contributed by atoms with Crippen LogP contribution in [-0.2, 0) is 16.6 Å². The van der Waals surface area contributed by atoms with Crippen LogP contribution < -0.4 is 4.72 Å². The molecule has 0 atom stereocenters. The van der Waals surface area contributed by atoms with Crippen molar-refractivity contribution in [2.24, 2.45) is 0 Å². The zero-order valence-corrected chi connectivity index (χ0v) is 14.5. The Labute approximate surface area is 144 Å². The van der Waals surface area contributed by atoms with Crippen molar-refractivity contribution in [3.63, 3.8) is 0 Å². The van der Waals surface area contributed by atoms with Crippen LogP contribution in [-0.4, -0.2) is 18.6 Å². The molecule has 0 aliphatic rings. The molecule has 8 heteroatoms. The van der Waals surface area contributed by atoms with Crippen molar-refractivity contribution in [2.75, 3.05) is 0 Å². The summed E-state index contributed by atoms with van der Waals surface area (Å²) in [5, 5.41) is 3.86. The van der Waals surface area contributed by atoms with E-state index in [0.717, 1.165) is 23.3 Å². The van der Waals surface area contributed by atoms with Gasteiger partial charge in [-0.05, 0) is 43.7 Å². The predicted octanol–water partition coefficient (Wildman–Crippen LogP) is 2.97. The molecular weight excluding hydrogens is 345 g/mol. The number of hydrogen-bond donors (Lipinski definition) is 1. The highest BCUT2D eigenvalue weighted by Crippen LogP contribution is 2.18. The van der Waals surface area contributed by atoms with Gasteiger partial charge in [-0.15, -0.1) is 0 Å². The lowest BCUT2D eigenvalue weighted by atomic mass is 10.1. The maximum absolute atomic E-state index is 13.1. The Balaban J connectivity index is 1.75. The number of benzene rings is 2. The Morgan fingerprint density at radius 1 is 1.16 bits per heavy atom. The number of aryl methyl sites for hydroxylation is 2. The molecule has 2 aromatic carbocycles. The lowest BCUT2D eigenvalue weighted by molar-refractivity contribution is 0.376. The fourth-order valence-electron chi connectivity index (χ4n) is 2.38. The summed E-state index contributed by atoms with van der Waals surface area (Å²) in [6.45, 7) is 3.32. The van der Waals surface area contributed by atoms with E-state index < -0.39 is 15.8 Å². The molecule has 25 heavy (non-hydrogen) atoms. The van der Waals surface area contributed by atoms with E-state index >= 15 is 0 Å². The molecule has 0 saturated carbocycles. The maximum Gasteiger partial charge on any atom is 0.242 e. The highest BCUT2D eigenvalue weighted by atomic mass is 32.2. The van der Waals surface area contributed by atoms with Crippen molar-refractivity contribution in [2.45, 2.75) is 25.3 Å². The SMILES string of the molecule is Cc1cccc(-c2noc(CNS(=O)(=O)c3ccc(F)cc3C)n2)c1. The molecule has 6 nitrogen and oxygen atoms in total. The van der Waals surface area contributed by atoms with Gasteiger partial charge in [-0.3, -0.25) is 0 Å². The molecule has 0 unspecified atom stereocenters. The van der Waals surface area contributed by atoms with E-state index in [-0.39, 0.29) is 17.3 Å². The van der Waals surface area contributed by atoms with Crippen molar-refractivity contribution < 1.29 is 17.3 Å². The van der Waals surface area contributed by atoms with Gasteiger partial charge in [0.25, 0.3) is 0 Å². The van der Waals surface area contributed by atoms with Gasteiger partial charge in [-0.1, -0.05) is 28.9 Å². The summed E-state index contributed by atoms with van der Waals surface area (Å²) in [4.78, 5) is 4.20. The fourth-order valence-corrected chi connectivity index (χ4v) is 3.58. The van der Waals surface area contributed by atoms with E-state index in [9.17, 15) is 12.8 Å². The molecule has 3 rings (SSSR count). The first-order chi connectivity index (χ1) is 11.8. The van der Waals surface area contributed by atoms with Gasteiger partial charge in [-0.2, -0.15) is 4.98 Å². The molecule has 0 aliphatic carbocycles. The minimum Gasteiger partial charge on any atom is -0.338 e. The third kappa shape index (κ3) is 3.92. The molecule has 0 bridgehead atoms.